The fraction of sp³-hybridized carbons (Fsp3) is 0.250. The van der Waals surface area contributed by atoms with E-state index in [9.17, 15) is 13.2 Å². The molecule has 0 aliphatic heterocycles. The molecule has 0 unspecified atom stereocenters. The van der Waals surface area contributed by atoms with Gasteiger partial charge in [-0.2, -0.15) is 18.3 Å². The number of aryl methyl sites for hydroxylation is 1. The van der Waals surface area contributed by atoms with Gasteiger partial charge in [0, 0.05) is 11.5 Å². The molecule has 0 bridgehead atoms. The molecule has 5 rings (SSSR count). The molecule has 0 atom stereocenters. The van der Waals surface area contributed by atoms with Crippen molar-refractivity contribution in [3.8, 4) is 22.7 Å². The van der Waals surface area contributed by atoms with Crippen LogP contribution in [0.5, 0.6) is 5.75 Å². The molecule has 4 aromatic rings. The van der Waals surface area contributed by atoms with Crippen molar-refractivity contribution in [2.75, 3.05) is 7.11 Å². The number of benzene rings is 2. The minimum Gasteiger partial charge on any atom is -0.497 e. The van der Waals surface area contributed by atoms with E-state index in [1.807, 2.05) is 19.1 Å². The minimum absolute atomic E-state index is 0.0372. The van der Waals surface area contributed by atoms with E-state index < -0.39 is 11.7 Å². The fourth-order valence-electron chi connectivity index (χ4n) is 3.78. The van der Waals surface area contributed by atoms with Crippen LogP contribution in [0, 0.1) is 6.92 Å². The first-order valence-corrected chi connectivity index (χ1v) is 10.1. The summed E-state index contributed by atoms with van der Waals surface area (Å²) in [5, 5.41) is 4.71. The lowest BCUT2D eigenvalue weighted by Crippen LogP contribution is -2.08. The fourth-order valence-corrected chi connectivity index (χ4v) is 3.78. The number of rotatable bonds is 4. The van der Waals surface area contributed by atoms with Crippen LogP contribution >= 0.6 is 0 Å². The van der Waals surface area contributed by atoms with Crippen LogP contribution in [0.1, 0.15) is 35.6 Å². The molecule has 1 aliphatic carbocycles. The Balaban J connectivity index is 1.81. The lowest BCUT2D eigenvalue weighted by molar-refractivity contribution is -0.136. The zero-order valence-corrected chi connectivity index (χ0v) is 17.1. The van der Waals surface area contributed by atoms with Crippen molar-refractivity contribution in [2.24, 2.45) is 0 Å². The van der Waals surface area contributed by atoms with Crippen molar-refractivity contribution in [3.05, 3.63) is 71.4 Å². The van der Waals surface area contributed by atoms with Crippen LogP contribution in [0.2, 0.25) is 0 Å². The van der Waals surface area contributed by atoms with Gasteiger partial charge in [-0.3, -0.25) is 0 Å². The molecule has 1 aliphatic rings. The molecule has 2 aromatic heterocycles. The van der Waals surface area contributed by atoms with Gasteiger partial charge in [0.25, 0.3) is 0 Å². The molecule has 0 N–H and O–H groups in total. The quantitative estimate of drug-likeness (QED) is 0.387. The Kier molecular flexibility index (Phi) is 4.50. The van der Waals surface area contributed by atoms with Gasteiger partial charge in [-0.25, -0.2) is 9.67 Å². The number of fused-ring (bicyclic) bond motifs is 1. The highest BCUT2D eigenvalue weighted by atomic mass is 19.4. The average Bonchev–Trinajstić information content (AvgIpc) is 3.53. The Morgan fingerprint density at radius 3 is 2.26 bits per heavy atom. The van der Waals surface area contributed by atoms with Crippen LogP contribution in [0.4, 0.5) is 13.2 Å². The number of nitrogens with zero attached hydrogens (tertiary/aromatic N) is 3. The van der Waals surface area contributed by atoms with Crippen LogP contribution in [0.3, 0.4) is 0 Å². The second kappa shape index (κ2) is 7.11. The van der Waals surface area contributed by atoms with Crippen molar-refractivity contribution < 1.29 is 17.9 Å². The normalized spacial score (nSPS) is 14.2. The number of hydrogen-bond acceptors (Lipinski definition) is 3. The molecule has 1 saturated carbocycles. The van der Waals surface area contributed by atoms with E-state index in [1.54, 1.807) is 43.5 Å². The van der Waals surface area contributed by atoms with Crippen molar-refractivity contribution in [3.63, 3.8) is 0 Å². The second-order valence-corrected chi connectivity index (χ2v) is 7.89. The zero-order chi connectivity index (χ0) is 21.8. The summed E-state index contributed by atoms with van der Waals surface area (Å²) in [7, 11) is 1.56. The van der Waals surface area contributed by atoms with Crippen molar-refractivity contribution >= 4 is 11.0 Å². The molecule has 31 heavy (non-hydrogen) atoms. The molecular formula is C24H20F3N3O. The highest BCUT2D eigenvalue weighted by molar-refractivity contribution is 5.88. The van der Waals surface area contributed by atoms with Crippen molar-refractivity contribution in [2.45, 2.75) is 31.9 Å². The van der Waals surface area contributed by atoms with Crippen LogP contribution in [-0.2, 0) is 6.18 Å². The van der Waals surface area contributed by atoms with E-state index in [0.717, 1.165) is 24.5 Å². The molecule has 0 radical (unpaired) electrons. The van der Waals surface area contributed by atoms with Gasteiger partial charge in [-0.05, 0) is 50.1 Å². The van der Waals surface area contributed by atoms with Crippen LogP contribution in [0.15, 0.2) is 54.6 Å². The Labute approximate surface area is 177 Å². The number of hydrogen-bond donors (Lipinski definition) is 0. The summed E-state index contributed by atoms with van der Waals surface area (Å²) < 4.78 is 49.2. The van der Waals surface area contributed by atoms with Crippen molar-refractivity contribution in [1.82, 2.24) is 14.8 Å². The van der Waals surface area contributed by atoms with Crippen LogP contribution in [-0.4, -0.2) is 21.9 Å². The first kappa shape index (κ1) is 19.6. The summed E-state index contributed by atoms with van der Waals surface area (Å²) in [6.45, 7) is 1.93. The van der Waals surface area contributed by atoms with E-state index in [4.69, 9.17) is 4.74 Å². The third kappa shape index (κ3) is 3.54. The predicted octanol–water partition coefficient (Wildman–Crippen LogP) is 6.30. The first-order chi connectivity index (χ1) is 14.8. The van der Waals surface area contributed by atoms with Gasteiger partial charge in [0.1, 0.15) is 5.75 Å². The Morgan fingerprint density at radius 1 is 1.00 bits per heavy atom. The van der Waals surface area contributed by atoms with Gasteiger partial charge in [0.2, 0.25) is 0 Å². The molecule has 7 heteroatoms. The predicted molar refractivity (Wildman–Crippen MR) is 113 cm³/mol. The van der Waals surface area contributed by atoms with Gasteiger partial charge < -0.3 is 4.74 Å². The number of ether oxygens (including phenoxy) is 1. The average molecular weight is 423 g/mol. The summed E-state index contributed by atoms with van der Waals surface area (Å²) in [5.41, 5.74) is 2.58. The maximum atomic E-state index is 14.2. The maximum absolute atomic E-state index is 14.2. The summed E-state index contributed by atoms with van der Waals surface area (Å²) in [4.78, 5) is 4.67. The molecule has 2 heterocycles. The van der Waals surface area contributed by atoms with E-state index in [0.29, 0.717) is 22.7 Å². The standard InChI is InChI=1S/C24H20F3N3O/c1-14-3-5-15(6-4-14)20-13-19(24(25,26)27)21-22(16-7-8-16)29-30(23(21)28-20)17-9-11-18(31-2)12-10-17/h3-6,9-13,16H,7-8H2,1-2H3. The highest BCUT2D eigenvalue weighted by Crippen LogP contribution is 2.47. The summed E-state index contributed by atoms with van der Waals surface area (Å²) in [6.07, 6.45) is -2.84. The summed E-state index contributed by atoms with van der Waals surface area (Å²) >= 11 is 0. The molecule has 4 nitrogen and oxygen atoms in total. The Hall–Kier alpha value is -3.35. The van der Waals surface area contributed by atoms with E-state index >= 15 is 0 Å². The first-order valence-electron chi connectivity index (χ1n) is 10.1. The molecule has 0 amide bonds. The van der Waals surface area contributed by atoms with Gasteiger partial charge in [0.05, 0.1) is 35.1 Å². The van der Waals surface area contributed by atoms with Crippen LogP contribution < -0.4 is 4.74 Å². The zero-order valence-electron chi connectivity index (χ0n) is 17.1. The monoisotopic (exact) mass is 423 g/mol. The lowest BCUT2D eigenvalue weighted by Gasteiger charge is -2.12. The number of methoxy groups -OCH3 is 1. The van der Waals surface area contributed by atoms with Gasteiger partial charge in [-0.1, -0.05) is 29.8 Å². The third-order valence-corrected chi connectivity index (χ3v) is 5.60. The van der Waals surface area contributed by atoms with E-state index in [-0.39, 0.29) is 22.6 Å². The summed E-state index contributed by atoms with van der Waals surface area (Å²) in [6, 6.07) is 15.5. The topological polar surface area (TPSA) is 39.9 Å². The molecule has 0 saturated heterocycles. The molecule has 2 aromatic carbocycles. The largest absolute Gasteiger partial charge is 0.497 e. The Morgan fingerprint density at radius 2 is 1.68 bits per heavy atom. The second-order valence-electron chi connectivity index (χ2n) is 7.89. The molecule has 0 spiro atoms. The smallest absolute Gasteiger partial charge is 0.417 e. The number of aromatic nitrogens is 3. The van der Waals surface area contributed by atoms with Crippen LogP contribution in [0.25, 0.3) is 28.0 Å². The highest BCUT2D eigenvalue weighted by Gasteiger charge is 2.39. The van der Waals surface area contributed by atoms with Gasteiger partial charge in [0.15, 0.2) is 5.65 Å². The number of alkyl halides is 3. The number of pyridine rings is 1. The third-order valence-electron chi connectivity index (χ3n) is 5.60. The summed E-state index contributed by atoms with van der Waals surface area (Å²) in [5.74, 6) is 0.696. The molecule has 158 valence electrons. The maximum Gasteiger partial charge on any atom is 0.417 e. The Bertz CT molecular complexity index is 1250. The van der Waals surface area contributed by atoms with Gasteiger partial charge in [-0.15, -0.1) is 0 Å². The SMILES string of the molecule is COc1ccc(-n2nc(C3CC3)c3c(C(F)(F)F)cc(-c4ccc(C)cc4)nc32)cc1. The lowest BCUT2D eigenvalue weighted by atomic mass is 10.0. The van der Waals surface area contributed by atoms with Gasteiger partial charge >= 0.3 is 6.18 Å². The molecule has 1 fully saturated rings. The van der Waals surface area contributed by atoms with E-state index in [1.165, 1.54) is 4.68 Å². The number of halogens is 3. The minimum atomic E-state index is -4.52. The molecular weight excluding hydrogens is 403 g/mol. The van der Waals surface area contributed by atoms with Crippen molar-refractivity contribution in [1.29, 1.82) is 0 Å². The van der Waals surface area contributed by atoms with E-state index in [2.05, 4.69) is 10.1 Å².